The Bertz CT molecular complexity index is 1290. The molecule has 49 heavy (non-hydrogen) atoms. The summed E-state index contributed by atoms with van der Waals surface area (Å²) in [5.74, 6) is -0.885. The minimum Gasteiger partial charge on any atom is -0.507 e. The summed E-state index contributed by atoms with van der Waals surface area (Å²) in [6, 6.07) is 3.91. The summed E-state index contributed by atoms with van der Waals surface area (Å²) < 4.78 is 12.9. The maximum atomic E-state index is 15.0. The van der Waals surface area contributed by atoms with Crippen LogP contribution in [-0.2, 0) is 36.5 Å². The fourth-order valence-electron chi connectivity index (χ4n) is 8.82. The van der Waals surface area contributed by atoms with E-state index in [0.29, 0.717) is 38.5 Å². The predicted molar refractivity (Wildman–Crippen MR) is 201 cm³/mol. The molecule has 3 rings (SSSR count). The molecule has 7 nitrogen and oxygen atoms in total. The zero-order chi connectivity index (χ0) is 37.8. The van der Waals surface area contributed by atoms with E-state index in [4.69, 9.17) is 9.47 Å². The Kier molecular flexibility index (Phi) is 11.6. The summed E-state index contributed by atoms with van der Waals surface area (Å²) in [5.41, 5.74) is -0.496. The first-order valence-corrected chi connectivity index (χ1v) is 18.8. The largest absolute Gasteiger partial charge is 0.507 e. The molecular weight excluding hydrogens is 612 g/mol. The highest BCUT2D eigenvalue weighted by Gasteiger charge is 2.60. The van der Waals surface area contributed by atoms with Crippen molar-refractivity contribution in [3.05, 3.63) is 28.8 Å². The first-order chi connectivity index (χ1) is 22.0. The number of nitrogens with zero attached hydrogens (tertiary/aromatic N) is 2. The van der Waals surface area contributed by atoms with Gasteiger partial charge in [-0.15, -0.1) is 0 Å². The monoisotopic (exact) mass is 685 g/mol. The third-order valence-electron chi connectivity index (χ3n) is 12.4. The van der Waals surface area contributed by atoms with Gasteiger partial charge >= 0.3 is 11.9 Å². The molecule has 1 unspecified atom stereocenters. The summed E-state index contributed by atoms with van der Waals surface area (Å²) in [6.07, 6.45) is 4.37. The van der Waals surface area contributed by atoms with Crippen molar-refractivity contribution in [2.75, 3.05) is 14.1 Å². The number of carbonyl (C=O) groups excluding carboxylic acids is 2. The number of piperidine rings is 2. The van der Waals surface area contributed by atoms with Gasteiger partial charge in [-0.05, 0) is 134 Å². The first kappa shape index (κ1) is 41.3. The van der Waals surface area contributed by atoms with Crippen LogP contribution in [0.2, 0.25) is 0 Å². The van der Waals surface area contributed by atoms with Gasteiger partial charge in [0.1, 0.15) is 18.5 Å². The molecule has 0 amide bonds. The predicted octanol–water partition coefficient (Wildman–Crippen LogP) is 9.30. The lowest BCUT2D eigenvalue weighted by molar-refractivity contribution is -0.193. The number of phenols is 1. The van der Waals surface area contributed by atoms with Crippen molar-refractivity contribution in [1.82, 2.24) is 9.80 Å². The van der Waals surface area contributed by atoms with Crippen molar-refractivity contribution < 1.29 is 24.2 Å². The molecule has 0 aliphatic carbocycles. The molecular formula is C42H72N2O5. The lowest BCUT2D eigenvalue weighted by Gasteiger charge is -2.57. The quantitative estimate of drug-likeness (QED) is 0.205. The second-order valence-corrected chi connectivity index (χ2v) is 20.1. The molecule has 0 saturated carbocycles. The number of unbranched alkanes of at least 4 members (excludes halogenated alkanes) is 1. The van der Waals surface area contributed by atoms with Gasteiger partial charge in [-0.1, -0.05) is 61.3 Å². The lowest BCUT2D eigenvalue weighted by Crippen LogP contribution is -2.64. The van der Waals surface area contributed by atoms with Gasteiger partial charge in [-0.25, -0.2) is 0 Å². The molecule has 0 bridgehead atoms. The number of ether oxygens (including phenoxy) is 2. The van der Waals surface area contributed by atoms with Crippen LogP contribution in [0, 0.1) is 11.3 Å². The van der Waals surface area contributed by atoms with Crippen LogP contribution in [0.1, 0.15) is 165 Å². The third-order valence-corrected chi connectivity index (χ3v) is 12.4. The van der Waals surface area contributed by atoms with Gasteiger partial charge < -0.3 is 14.6 Å². The minimum absolute atomic E-state index is 0.0140. The zero-order valence-corrected chi connectivity index (χ0v) is 34.4. The summed E-state index contributed by atoms with van der Waals surface area (Å²) in [7, 11) is 4.29. The Morgan fingerprint density at radius 1 is 0.755 bits per heavy atom. The van der Waals surface area contributed by atoms with Crippen LogP contribution in [0.4, 0.5) is 0 Å². The Balaban J connectivity index is 2.14. The molecule has 1 N–H and O–H groups in total. The van der Waals surface area contributed by atoms with E-state index in [2.05, 4.69) is 128 Å². The molecule has 2 fully saturated rings. The number of aromatic hydroxyl groups is 1. The highest BCUT2D eigenvalue weighted by atomic mass is 16.6. The first-order valence-electron chi connectivity index (χ1n) is 18.8. The number of phenolic OH excluding ortho intramolecular Hbond substituents is 1. The molecule has 1 aromatic rings. The van der Waals surface area contributed by atoms with E-state index in [1.807, 2.05) is 12.1 Å². The standard InChI is InChI=1S/C42H72N2O5/c1-18-19-20-42(29-23-38(8,9)43(16)39(10,11)24-29,35(47)49-30-25-40(12,13)44(17)41(14,15)26-30)34(46)48-27-28-21-31(36(2,3)4)33(45)32(22-28)37(5,6)7/h21-22,29-30,45H,18-20,23-27H2,1-17H3. The molecule has 0 aromatic heterocycles. The van der Waals surface area contributed by atoms with Crippen molar-refractivity contribution in [3.8, 4) is 5.75 Å². The molecule has 1 atom stereocenters. The number of hydrogen-bond donors (Lipinski definition) is 1. The van der Waals surface area contributed by atoms with Crippen LogP contribution in [0.25, 0.3) is 0 Å². The topological polar surface area (TPSA) is 79.3 Å². The molecule has 1 aromatic carbocycles. The van der Waals surface area contributed by atoms with E-state index < -0.39 is 17.4 Å². The molecule has 7 heteroatoms. The second-order valence-electron chi connectivity index (χ2n) is 20.1. The Morgan fingerprint density at radius 2 is 1.16 bits per heavy atom. The van der Waals surface area contributed by atoms with Crippen LogP contribution in [0.3, 0.4) is 0 Å². The molecule has 2 saturated heterocycles. The van der Waals surface area contributed by atoms with Crippen LogP contribution in [0.5, 0.6) is 5.75 Å². The van der Waals surface area contributed by atoms with Gasteiger partial charge in [0.15, 0.2) is 5.41 Å². The number of rotatable bonds is 9. The van der Waals surface area contributed by atoms with Crippen molar-refractivity contribution >= 4 is 11.9 Å². The summed E-state index contributed by atoms with van der Waals surface area (Å²) in [6.45, 7) is 32.2. The van der Waals surface area contributed by atoms with Crippen molar-refractivity contribution in [3.63, 3.8) is 0 Å². The van der Waals surface area contributed by atoms with Crippen LogP contribution in [0.15, 0.2) is 12.1 Å². The smallest absolute Gasteiger partial charge is 0.324 e. The average Bonchev–Trinajstić information content (AvgIpc) is 2.92. The Hall–Kier alpha value is -2.12. The van der Waals surface area contributed by atoms with Gasteiger partial charge in [-0.3, -0.25) is 19.4 Å². The van der Waals surface area contributed by atoms with Crippen molar-refractivity contribution in [1.29, 1.82) is 0 Å². The van der Waals surface area contributed by atoms with Crippen LogP contribution < -0.4 is 0 Å². The fourth-order valence-corrected chi connectivity index (χ4v) is 8.82. The molecule has 2 heterocycles. The molecule has 0 spiro atoms. The van der Waals surface area contributed by atoms with Gasteiger partial charge in [0.2, 0.25) is 0 Å². The number of carbonyl (C=O) groups is 2. The molecule has 280 valence electrons. The van der Waals surface area contributed by atoms with E-state index in [1.165, 1.54) is 0 Å². The van der Waals surface area contributed by atoms with Gasteiger partial charge in [0.25, 0.3) is 0 Å². The minimum atomic E-state index is -1.44. The van der Waals surface area contributed by atoms with Crippen molar-refractivity contribution in [2.45, 2.75) is 194 Å². The summed E-state index contributed by atoms with van der Waals surface area (Å²) in [5, 5.41) is 11.3. The number of benzene rings is 1. The highest BCUT2D eigenvalue weighted by Crippen LogP contribution is 2.52. The van der Waals surface area contributed by atoms with Gasteiger partial charge in [-0.2, -0.15) is 0 Å². The number of esters is 2. The average molecular weight is 685 g/mol. The van der Waals surface area contributed by atoms with Gasteiger partial charge in [0, 0.05) is 35.0 Å². The van der Waals surface area contributed by atoms with Crippen LogP contribution >= 0.6 is 0 Å². The fraction of sp³-hybridized carbons (Fsp3) is 0.810. The van der Waals surface area contributed by atoms with Crippen LogP contribution in [-0.4, -0.2) is 69.2 Å². The Morgan fingerprint density at radius 3 is 1.55 bits per heavy atom. The second kappa shape index (κ2) is 13.8. The molecule has 2 aliphatic rings. The van der Waals surface area contributed by atoms with E-state index in [0.717, 1.165) is 23.1 Å². The van der Waals surface area contributed by atoms with Crippen molar-refractivity contribution in [2.24, 2.45) is 11.3 Å². The number of hydrogen-bond acceptors (Lipinski definition) is 7. The van der Waals surface area contributed by atoms with E-state index >= 15 is 4.79 Å². The highest BCUT2D eigenvalue weighted by molar-refractivity contribution is 6.00. The normalized spacial score (nSPS) is 23.1. The van der Waals surface area contributed by atoms with Gasteiger partial charge in [0.05, 0.1) is 0 Å². The Labute approximate surface area is 299 Å². The van der Waals surface area contributed by atoms with E-state index in [-0.39, 0.29) is 57.4 Å². The maximum absolute atomic E-state index is 15.0. The summed E-state index contributed by atoms with van der Waals surface area (Å²) in [4.78, 5) is 34.8. The summed E-state index contributed by atoms with van der Waals surface area (Å²) >= 11 is 0. The zero-order valence-electron chi connectivity index (χ0n) is 34.4. The maximum Gasteiger partial charge on any atom is 0.324 e. The molecule has 0 radical (unpaired) electrons. The third kappa shape index (κ3) is 8.51. The van der Waals surface area contributed by atoms with E-state index in [9.17, 15) is 9.90 Å². The number of likely N-dealkylation sites (tertiary alicyclic amines) is 2. The molecule has 2 aliphatic heterocycles. The van der Waals surface area contributed by atoms with E-state index in [1.54, 1.807) is 0 Å². The lowest BCUT2D eigenvalue weighted by atomic mass is 9.60. The SMILES string of the molecule is CCCCC(C(=O)OCc1cc(C(C)(C)C)c(O)c(C(C)(C)C)c1)(C(=O)OC1CC(C)(C)N(C)C(C)(C)C1)C1CC(C)(C)N(C)C(C)(C)C1.